The van der Waals surface area contributed by atoms with Gasteiger partial charge in [0.05, 0.1) is 14.2 Å². The molecular weight excluding hydrogens is 278 g/mol. The molecule has 0 saturated carbocycles. The maximum absolute atomic E-state index is 11.3. The fourth-order valence-corrected chi connectivity index (χ4v) is 3.25. The molecule has 0 aromatic heterocycles. The lowest BCUT2D eigenvalue weighted by Gasteiger charge is -2.27. The van der Waals surface area contributed by atoms with Gasteiger partial charge in [-0.05, 0) is 51.1 Å². The van der Waals surface area contributed by atoms with E-state index in [9.17, 15) is 4.79 Å². The fraction of sp³-hybridized carbons (Fsp3) is 0.500. The second-order valence-corrected chi connectivity index (χ2v) is 5.86. The van der Waals surface area contributed by atoms with Gasteiger partial charge in [0, 0.05) is 12.5 Å². The topological polar surface area (TPSA) is 38.8 Å². The molecule has 4 nitrogen and oxygen atoms in total. The van der Waals surface area contributed by atoms with E-state index in [1.165, 1.54) is 12.0 Å². The highest BCUT2D eigenvalue weighted by atomic mass is 16.5. The monoisotopic (exact) mass is 303 g/mol. The smallest absolute Gasteiger partial charge is 0.160 e. The van der Waals surface area contributed by atoms with E-state index >= 15 is 0 Å². The molecule has 22 heavy (non-hydrogen) atoms. The molecule has 2 unspecified atom stereocenters. The summed E-state index contributed by atoms with van der Waals surface area (Å²) in [5, 5.41) is 0. The van der Waals surface area contributed by atoms with Crippen molar-refractivity contribution in [3.05, 3.63) is 35.9 Å². The Kier molecular flexibility index (Phi) is 5.61. The van der Waals surface area contributed by atoms with E-state index in [-0.39, 0.29) is 0 Å². The number of hydrogen-bond donors (Lipinski definition) is 0. The first-order valence-electron chi connectivity index (χ1n) is 7.65. The van der Waals surface area contributed by atoms with Gasteiger partial charge in [-0.1, -0.05) is 17.7 Å². The lowest BCUT2D eigenvalue weighted by atomic mass is 9.84. The van der Waals surface area contributed by atoms with Crippen molar-refractivity contribution in [3.63, 3.8) is 0 Å². The minimum Gasteiger partial charge on any atom is -0.493 e. The number of rotatable bonds is 2. The summed E-state index contributed by atoms with van der Waals surface area (Å²) in [4.78, 5) is 13.6. The van der Waals surface area contributed by atoms with Gasteiger partial charge in [0.25, 0.3) is 0 Å². The highest BCUT2D eigenvalue weighted by Gasteiger charge is 2.36. The molecule has 0 radical (unpaired) electrons. The predicted octanol–water partition coefficient (Wildman–Crippen LogP) is 2.93. The number of benzene rings is 1. The average Bonchev–Trinajstić information content (AvgIpc) is 2.89. The summed E-state index contributed by atoms with van der Waals surface area (Å²) in [5.74, 6) is 2.50. The van der Waals surface area contributed by atoms with Crippen molar-refractivity contribution in [2.24, 2.45) is 5.92 Å². The molecule has 1 aliphatic heterocycles. The molecule has 2 aliphatic rings. The number of ether oxygens (including phenoxy) is 2. The summed E-state index contributed by atoms with van der Waals surface area (Å²) in [6, 6.07) is 8.03. The van der Waals surface area contributed by atoms with Crippen LogP contribution in [0.5, 0.6) is 11.5 Å². The molecule has 0 spiro atoms. The molecule has 1 aromatic carbocycles. The van der Waals surface area contributed by atoms with Gasteiger partial charge >= 0.3 is 0 Å². The van der Waals surface area contributed by atoms with Gasteiger partial charge in [0.2, 0.25) is 0 Å². The number of fused-ring (bicyclic) bond motifs is 1. The first-order chi connectivity index (χ1) is 10.6. The van der Waals surface area contributed by atoms with Crippen LogP contribution in [0.25, 0.3) is 0 Å². The zero-order valence-corrected chi connectivity index (χ0v) is 13.8. The first-order valence-corrected chi connectivity index (χ1v) is 7.65. The van der Waals surface area contributed by atoms with Gasteiger partial charge in [-0.15, -0.1) is 0 Å². The number of ketones is 1. The second-order valence-electron chi connectivity index (χ2n) is 5.86. The number of allylic oxidation sites excluding steroid dienone is 1. The molecular formula is C18H25NO3. The van der Waals surface area contributed by atoms with E-state index in [0.29, 0.717) is 17.7 Å². The summed E-state index contributed by atoms with van der Waals surface area (Å²) in [5.41, 5.74) is 1.29. The highest BCUT2D eigenvalue weighted by molar-refractivity contribution is 5.92. The van der Waals surface area contributed by atoms with E-state index in [4.69, 9.17) is 9.47 Å². The van der Waals surface area contributed by atoms with Gasteiger partial charge in [-0.3, -0.25) is 4.79 Å². The molecule has 1 aliphatic carbocycles. The first kappa shape index (κ1) is 16.6. The van der Waals surface area contributed by atoms with Crippen LogP contribution in [0, 0.1) is 5.92 Å². The Morgan fingerprint density at radius 1 is 1.14 bits per heavy atom. The van der Waals surface area contributed by atoms with Crippen LogP contribution in [0.1, 0.15) is 19.8 Å². The van der Waals surface area contributed by atoms with Crippen molar-refractivity contribution in [3.8, 4) is 11.5 Å². The number of likely N-dealkylation sites (tertiary alicyclic amines) is 1. The van der Waals surface area contributed by atoms with Crippen LogP contribution in [-0.2, 0) is 4.79 Å². The lowest BCUT2D eigenvalue weighted by molar-refractivity contribution is -0.116. The van der Waals surface area contributed by atoms with Crippen LogP contribution in [0.4, 0.5) is 0 Å². The van der Waals surface area contributed by atoms with Crippen LogP contribution in [-0.4, -0.2) is 44.5 Å². The van der Waals surface area contributed by atoms with E-state index in [0.717, 1.165) is 24.5 Å². The quantitative estimate of drug-likeness (QED) is 0.842. The van der Waals surface area contributed by atoms with Gasteiger partial charge in [0.15, 0.2) is 17.3 Å². The fourth-order valence-electron chi connectivity index (χ4n) is 3.25. The van der Waals surface area contributed by atoms with Crippen molar-refractivity contribution in [1.29, 1.82) is 0 Å². The van der Waals surface area contributed by atoms with Gasteiger partial charge < -0.3 is 14.4 Å². The Balaban J connectivity index is 0.000000164. The maximum Gasteiger partial charge on any atom is 0.160 e. The zero-order chi connectivity index (χ0) is 16.1. The van der Waals surface area contributed by atoms with Crippen LogP contribution in [0.2, 0.25) is 0 Å². The summed E-state index contributed by atoms with van der Waals surface area (Å²) >= 11 is 0. The summed E-state index contributed by atoms with van der Waals surface area (Å²) < 4.78 is 10.0. The Hall–Kier alpha value is -1.81. The molecule has 0 N–H and O–H groups in total. The van der Waals surface area contributed by atoms with Crippen molar-refractivity contribution in [1.82, 2.24) is 4.90 Å². The third kappa shape index (κ3) is 3.69. The summed E-state index contributed by atoms with van der Waals surface area (Å²) in [7, 11) is 5.37. The highest BCUT2D eigenvalue weighted by Crippen LogP contribution is 2.34. The van der Waals surface area contributed by atoms with Crippen LogP contribution >= 0.6 is 0 Å². The Morgan fingerprint density at radius 3 is 2.27 bits per heavy atom. The molecule has 1 saturated heterocycles. The molecule has 2 atom stereocenters. The van der Waals surface area contributed by atoms with Gasteiger partial charge in [-0.25, -0.2) is 0 Å². The standard InChI is InChI=1S/C10H15NO.C8H10O2/c1-7-5-8(12)6-10-9(7)3-4-11(10)2;1-9-7-5-3-4-6-8(7)10-2/h5,9-10H,3-4,6H2,1-2H3;3-6H,1-2H3. The maximum atomic E-state index is 11.3. The van der Waals surface area contributed by atoms with Crippen LogP contribution < -0.4 is 9.47 Å². The molecule has 0 amide bonds. The third-order valence-corrected chi connectivity index (χ3v) is 4.50. The Bertz CT molecular complexity index is 530. The number of carbonyl (C=O) groups excluding carboxylic acids is 1. The largest absolute Gasteiger partial charge is 0.493 e. The molecule has 1 heterocycles. The number of carbonyl (C=O) groups is 1. The van der Waals surface area contributed by atoms with Crippen molar-refractivity contribution >= 4 is 5.78 Å². The van der Waals surface area contributed by atoms with Crippen molar-refractivity contribution in [2.75, 3.05) is 27.8 Å². The number of nitrogens with zero attached hydrogens (tertiary/aromatic N) is 1. The third-order valence-electron chi connectivity index (χ3n) is 4.50. The Morgan fingerprint density at radius 2 is 1.73 bits per heavy atom. The molecule has 120 valence electrons. The van der Waals surface area contributed by atoms with Gasteiger partial charge in [0.1, 0.15) is 0 Å². The van der Waals surface area contributed by atoms with Crippen LogP contribution in [0.15, 0.2) is 35.9 Å². The minimum atomic E-state index is 0.308. The van der Waals surface area contributed by atoms with Crippen molar-refractivity contribution in [2.45, 2.75) is 25.8 Å². The van der Waals surface area contributed by atoms with E-state index in [1.54, 1.807) is 14.2 Å². The molecule has 4 heteroatoms. The molecule has 0 bridgehead atoms. The second kappa shape index (κ2) is 7.45. The lowest BCUT2D eigenvalue weighted by Crippen LogP contribution is -2.34. The summed E-state index contributed by atoms with van der Waals surface area (Å²) in [6.45, 7) is 3.24. The molecule has 3 rings (SSSR count). The van der Waals surface area contributed by atoms with Crippen LogP contribution in [0.3, 0.4) is 0 Å². The Labute approximate surface area is 132 Å². The predicted molar refractivity (Wildman–Crippen MR) is 87.5 cm³/mol. The minimum absolute atomic E-state index is 0.308. The number of methoxy groups -OCH3 is 2. The summed E-state index contributed by atoms with van der Waals surface area (Å²) in [6.07, 6.45) is 3.80. The zero-order valence-electron chi connectivity index (χ0n) is 13.8. The average molecular weight is 303 g/mol. The van der Waals surface area contributed by atoms with E-state index in [1.807, 2.05) is 30.3 Å². The molecule has 1 fully saturated rings. The van der Waals surface area contributed by atoms with E-state index in [2.05, 4.69) is 18.9 Å². The van der Waals surface area contributed by atoms with E-state index < -0.39 is 0 Å². The van der Waals surface area contributed by atoms with Gasteiger partial charge in [-0.2, -0.15) is 0 Å². The number of para-hydroxylation sites is 2. The normalized spacial score (nSPS) is 24.0. The SMILES string of the molecule is CC1=CC(=O)CC2C1CCN2C.COc1ccccc1OC. The number of hydrogen-bond acceptors (Lipinski definition) is 4. The van der Waals surface area contributed by atoms with Crippen molar-refractivity contribution < 1.29 is 14.3 Å². The molecule has 1 aromatic rings.